The summed E-state index contributed by atoms with van der Waals surface area (Å²) in [5, 5.41) is 12.3. The van der Waals surface area contributed by atoms with Gasteiger partial charge in [-0.25, -0.2) is 0 Å². The Morgan fingerprint density at radius 2 is 1.84 bits per heavy atom. The molecule has 3 nitrogen and oxygen atoms in total. The second-order valence-electron chi connectivity index (χ2n) is 4.11. The smallest absolute Gasteiger partial charge is 0.127 e. The zero-order chi connectivity index (χ0) is 13.5. The van der Waals surface area contributed by atoms with Crippen LogP contribution in [0.1, 0.15) is 18.5 Å². The van der Waals surface area contributed by atoms with E-state index in [-0.39, 0.29) is 6.04 Å². The third-order valence-corrected chi connectivity index (χ3v) is 2.71. The van der Waals surface area contributed by atoms with Crippen molar-refractivity contribution in [3.8, 4) is 17.6 Å². The molecule has 1 unspecified atom stereocenters. The summed E-state index contributed by atoms with van der Waals surface area (Å²) < 4.78 is 5.75. The monoisotopic (exact) mass is 252 g/mol. The van der Waals surface area contributed by atoms with Crippen LogP contribution in [0.2, 0.25) is 0 Å². The van der Waals surface area contributed by atoms with Gasteiger partial charge in [0.1, 0.15) is 17.5 Å². The maximum Gasteiger partial charge on any atom is 0.127 e. The van der Waals surface area contributed by atoms with E-state index < -0.39 is 0 Å². The van der Waals surface area contributed by atoms with Crippen LogP contribution in [0.25, 0.3) is 0 Å². The molecule has 0 aliphatic carbocycles. The molecule has 0 amide bonds. The molecule has 96 valence electrons. The van der Waals surface area contributed by atoms with Gasteiger partial charge in [0, 0.05) is 0 Å². The lowest BCUT2D eigenvalue weighted by Crippen LogP contribution is -2.19. The van der Waals surface area contributed by atoms with Crippen molar-refractivity contribution in [1.82, 2.24) is 5.32 Å². The number of nitrogens with one attached hydrogen (secondary N) is 1. The van der Waals surface area contributed by atoms with Crippen molar-refractivity contribution in [3.05, 3.63) is 60.2 Å². The van der Waals surface area contributed by atoms with Gasteiger partial charge in [-0.3, -0.25) is 5.32 Å². The highest BCUT2D eigenvalue weighted by molar-refractivity contribution is 5.36. The van der Waals surface area contributed by atoms with Gasteiger partial charge in [0.15, 0.2) is 0 Å². The number of benzene rings is 2. The SMILES string of the molecule is CCNC(C#N)c1cccc(Oc2ccccc2)c1. The first kappa shape index (κ1) is 13.1. The summed E-state index contributed by atoms with van der Waals surface area (Å²) in [6.45, 7) is 2.73. The minimum atomic E-state index is -0.302. The Kier molecular flexibility index (Phi) is 4.54. The molecular formula is C16H16N2O. The van der Waals surface area contributed by atoms with Crippen LogP contribution in [-0.2, 0) is 0 Å². The standard InChI is InChI=1S/C16H16N2O/c1-2-18-16(12-17)13-7-6-10-15(11-13)19-14-8-4-3-5-9-14/h3-11,16,18H,2H2,1H3. The van der Waals surface area contributed by atoms with Crippen molar-refractivity contribution >= 4 is 0 Å². The summed E-state index contributed by atoms with van der Waals surface area (Å²) in [6.07, 6.45) is 0. The van der Waals surface area contributed by atoms with Crippen LogP contribution >= 0.6 is 0 Å². The molecule has 0 heterocycles. The van der Waals surface area contributed by atoms with E-state index in [0.29, 0.717) is 0 Å². The van der Waals surface area contributed by atoms with Crippen molar-refractivity contribution in [2.45, 2.75) is 13.0 Å². The maximum atomic E-state index is 9.14. The molecule has 2 aromatic carbocycles. The lowest BCUT2D eigenvalue weighted by Gasteiger charge is -2.12. The number of ether oxygens (including phenoxy) is 1. The summed E-state index contributed by atoms with van der Waals surface area (Å²) in [7, 11) is 0. The van der Waals surface area contributed by atoms with Crippen molar-refractivity contribution in [2.24, 2.45) is 0 Å². The summed E-state index contributed by atoms with van der Waals surface area (Å²) in [6, 6.07) is 19.1. The minimum absolute atomic E-state index is 0.302. The molecule has 0 aliphatic heterocycles. The molecule has 1 N–H and O–H groups in total. The molecule has 0 spiro atoms. The van der Waals surface area contributed by atoms with Gasteiger partial charge in [-0.05, 0) is 36.4 Å². The van der Waals surface area contributed by atoms with Gasteiger partial charge in [-0.2, -0.15) is 5.26 Å². The summed E-state index contributed by atoms with van der Waals surface area (Å²) in [5.74, 6) is 1.53. The van der Waals surface area contributed by atoms with E-state index in [9.17, 15) is 0 Å². The van der Waals surface area contributed by atoms with Gasteiger partial charge in [-0.1, -0.05) is 37.3 Å². The average molecular weight is 252 g/mol. The van der Waals surface area contributed by atoms with Gasteiger partial charge < -0.3 is 4.74 Å². The van der Waals surface area contributed by atoms with Crippen molar-refractivity contribution in [2.75, 3.05) is 6.54 Å². The topological polar surface area (TPSA) is 45.0 Å². The van der Waals surface area contributed by atoms with Gasteiger partial charge >= 0.3 is 0 Å². The van der Waals surface area contributed by atoms with Crippen LogP contribution in [0, 0.1) is 11.3 Å². The number of nitriles is 1. The Balaban J connectivity index is 2.18. The predicted octanol–water partition coefficient (Wildman–Crippen LogP) is 3.65. The number of hydrogen-bond donors (Lipinski definition) is 1. The Labute approximate surface area is 113 Å². The second-order valence-corrected chi connectivity index (χ2v) is 4.11. The van der Waals surface area contributed by atoms with Crippen molar-refractivity contribution < 1.29 is 4.74 Å². The van der Waals surface area contributed by atoms with Gasteiger partial charge in [0.25, 0.3) is 0 Å². The average Bonchev–Trinajstić information content (AvgIpc) is 2.46. The van der Waals surface area contributed by atoms with Gasteiger partial charge in [0.05, 0.1) is 6.07 Å². The van der Waals surface area contributed by atoms with Crippen molar-refractivity contribution in [1.29, 1.82) is 5.26 Å². The van der Waals surface area contributed by atoms with E-state index in [1.165, 1.54) is 0 Å². The predicted molar refractivity (Wildman–Crippen MR) is 75.0 cm³/mol. The van der Waals surface area contributed by atoms with E-state index in [0.717, 1.165) is 23.6 Å². The number of nitrogens with zero attached hydrogens (tertiary/aromatic N) is 1. The van der Waals surface area contributed by atoms with Crippen LogP contribution < -0.4 is 10.1 Å². The molecule has 2 aromatic rings. The normalized spacial score (nSPS) is 11.6. The zero-order valence-corrected chi connectivity index (χ0v) is 10.8. The molecule has 0 bridgehead atoms. The Bertz CT molecular complexity index is 560. The van der Waals surface area contributed by atoms with Crippen molar-refractivity contribution in [3.63, 3.8) is 0 Å². The van der Waals surface area contributed by atoms with Gasteiger partial charge in [0.2, 0.25) is 0 Å². The molecule has 3 heteroatoms. The molecule has 1 atom stereocenters. The Hall–Kier alpha value is -2.31. The van der Waals surface area contributed by atoms with Crippen LogP contribution in [0.4, 0.5) is 0 Å². The fraction of sp³-hybridized carbons (Fsp3) is 0.188. The first-order valence-electron chi connectivity index (χ1n) is 6.29. The highest BCUT2D eigenvalue weighted by Gasteiger charge is 2.09. The van der Waals surface area contributed by atoms with Gasteiger partial charge in [-0.15, -0.1) is 0 Å². The van der Waals surface area contributed by atoms with Crippen LogP contribution in [-0.4, -0.2) is 6.54 Å². The Morgan fingerprint density at radius 3 is 2.53 bits per heavy atom. The molecule has 0 saturated carbocycles. The quantitative estimate of drug-likeness (QED) is 0.883. The summed E-state index contributed by atoms with van der Waals surface area (Å²) in [5.41, 5.74) is 0.915. The lowest BCUT2D eigenvalue weighted by molar-refractivity contribution is 0.481. The molecule has 2 rings (SSSR count). The summed E-state index contributed by atoms with van der Waals surface area (Å²) >= 11 is 0. The lowest BCUT2D eigenvalue weighted by atomic mass is 10.1. The molecule has 0 aromatic heterocycles. The number of para-hydroxylation sites is 1. The fourth-order valence-corrected chi connectivity index (χ4v) is 1.82. The zero-order valence-electron chi connectivity index (χ0n) is 10.8. The number of hydrogen-bond acceptors (Lipinski definition) is 3. The molecule has 0 aliphatic rings. The maximum absolute atomic E-state index is 9.14. The molecule has 0 fully saturated rings. The van der Waals surface area contributed by atoms with E-state index in [1.54, 1.807) is 0 Å². The van der Waals surface area contributed by atoms with Crippen LogP contribution in [0.5, 0.6) is 11.5 Å². The molecule has 0 radical (unpaired) electrons. The Morgan fingerprint density at radius 1 is 1.11 bits per heavy atom. The minimum Gasteiger partial charge on any atom is -0.457 e. The third-order valence-electron chi connectivity index (χ3n) is 2.71. The highest BCUT2D eigenvalue weighted by atomic mass is 16.5. The molecule has 19 heavy (non-hydrogen) atoms. The second kappa shape index (κ2) is 6.58. The van der Waals surface area contributed by atoms with E-state index in [4.69, 9.17) is 10.00 Å². The molecular weight excluding hydrogens is 236 g/mol. The first-order chi connectivity index (χ1) is 9.33. The van der Waals surface area contributed by atoms with Crippen LogP contribution in [0.15, 0.2) is 54.6 Å². The summed E-state index contributed by atoms with van der Waals surface area (Å²) in [4.78, 5) is 0. The fourth-order valence-electron chi connectivity index (χ4n) is 1.82. The largest absolute Gasteiger partial charge is 0.457 e. The third kappa shape index (κ3) is 3.57. The molecule has 0 saturated heterocycles. The van der Waals surface area contributed by atoms with E-state index in [1.807, 2.05) is 61.5 Å². The van der Waals surface area contributed by atoms with Crippen LogP contribution in [0.3, 0.4) is 0 Å². The number of rotatable bonds is 5. The highest BCUT2D eigenvalue weighted by Crippen LogP contribution is 2.24. The van der Waals surface area contributed by atoms with E-state index in [2.05, 4.69) is 11.4 Å². The first-order valence-corrected chi connectivity index (χ1v) is 6.29. The van der Waals surface area contributed by atoms with E-state index >= 15 is 0 Å².